The first kappa shape index (κ1) is 17.4. The summed E-state index contributed by atoms with van der Waals surface area (Å²) < 4.78 is 4.83. The number of hydrogen-bond donors (Lipinski definition) is 1. The molecule has 0 radical (unpaired) electrons. The standard InChI is InChI=1S/C14H19N5O.HI/c1-11-5-4-7-16-13(11)9-17-14(15-2)19(3)10-12-6-8-20-18-12;/h4-8H,9-10H2,1-3H3,(H,15,17);1H. The lowest BCUT2D eigenvalue weighted by Crippen LogP contribution is -2.38. The van der Waals surface area contributed by atoms with Crippen LogP contribution >= 0.6 is 24.0 Å². The summed E-state index contributed by atoms with van der Waals surface area (Å²) in [5.74, 6) is 0.790. The minimum Gasteiger partial charge on any atom is -0.364 e. The van der Waals surface area contributed by atoms with Crippen LogP contribution < -0.4 is 5.32 Å². The van der Waals surface area contributed by atoms with Crippen LogP contribution in [-0.4, -0.2) is 35.1 Å². The molecule has 0 aliphatic rings. The molecule has 0 aromatic carbocycles. The number of aryl methyl sites for hydroxylation is 1. The van der Waals surface area contributed by atoms with Crippen LogP contribution in [0.15, 0.2) is 40.2 Å². The van der Waals surface area contributed by atoms with Gasteiger partial charge in [0.15, 0.2) is 5.96 Å². The number of guanidine groups is 1. The fraction of sp³-hybridized carbons (Fsp3) is 0.357. The molecule has 2 rings (SSSR count). The van der Waals surface area contributed by atoms with Crippen molar-refractivity contribution >= 4 is 29.9 Å². The van der Waals surface area contributed by atoms with E-state index in [2.05, 4.69) is 20.4 Å². The number of nitrogens with one attached hydrogen (secondary N) is 1. The highest BCUT2D eigenvalue weighted by Crippen LogP contribution is 2.04. The molecule has 0 spiro atoms. The zero-order valence-electron chi connectivity index (χ0n) is 12.4. The molecule has 0 fully saturated rings. The van der Waals surface area contributed by atoms with E-state index in [0.29, 0.717) is 13.1 Å². The molecule has 0 amide bonds. The second kappa shape index (κ2) is 8.60. The maximum absolute atomic E-state index is 4.83. The number of pyridine rings is 1. The zero-order chi connectivity index (χ0) is 14.4. The largest absolute Gasteiger partial charge is 0.364 e. The summed E-state index contributed by atoms with van der Waals surface area (Å²) in [5.41, 5.74) is 3.04. The van der Waals surface area contributed by atoms with Gasteiger partial charge in [-0.2, -0.15) is 0 Å². The molecule has 0 aliphatic heterocycles. The summed E-state index contributed by atoms with van der Waals surface area (Å²) >= 11 is 0. The van der Waals surface area contributed by atoms with Gasteiger partial charge >= 0.3 is 0 Å². The third-order valence-electron chi connectivity index (χ3n) is 3.00. The molecule has 114 valence electrons. The first-order valence-corrected chi connectivity index (χ1v) is 6.42. The molecule has 0 saturated carbocycles. The van der Waals surface area contributed by atoms with Gasteiger partial charge in [-0.3, -0.25) is 9.98 Å². The van der Waals surface area contributed by atoms with Crippen LogP contribution in [-0.2, 0) is 13.1 Å². The van der Waals surface area contributed by atoms with Crippen molar-refractivity contribution in [3.05, 3.63) is 47.6 Å². The van der Waals surface area contributed by atoms with Gasteiger partial charge in [-0.25, -0.2) is 0 Å². The highest BCUT2D eigenvalue weighted by molar-refractivity contribution is 14.0. The monoisotopic (exact) mass is 401 g/mol. The Hall–Kier alpha value is -1.64. The van der Waals surface area contributed by atoms with Crippen molar-refractivity contribution < 1.29 is 4.52 Å². The van der Waals surface area contributed by atoms with Crippen molar-refractivity contribution in [2.75, 3.05) is 14.1 Å². The SMILES string of the molecule is CN=C(NCc1ncccc1C)N(C)Cc1ccon1.I. The number of aromatic nitrogens is 2. The summed E-state index contributed by atoms with van der Waals surface area (Å²) in [6.45, 7) is 3.33. The fourth-order valence-corrected chi connectivity index (χ4v) is 1.89. The molecule has 2 aromatic heterocycles. The second-order valence-corrected chi connectivity index (χ2v) is 4.51. The summed E-state index contributed by atoms with van der Waals surface area (Å²) in [4.78, 5) is 10.6. The Morgan fingerprint density at radius 3 is 2.86 bits per heavy atom. The van der Waals surface area contributed by atoms with E-state index in [-0.39, 0.29) is 24.0 Å². The average Bonchev–Trinajstić information content (AvgIpc) is 2.94. The molecule has 0 bridgehead atoms. The van der Waals surface area contributed by atoms with Crippen molar-refractivity contribution in [3.63, 3.8) is 0 Å². The van der Waals surface area contributed by atoms with Gasteiger partial charge in [0.1, 0.15) is 12.0 Å². The minimum absolute atomic E-state index is 0. The molecule has 2 aromatic rings. The smallest absolute Gasteiger partial charge is 0.194 e. The van der Waals surface area contributed by atoms with Gasteiger partial charge in [0.05, 0.1) is 18.8 Å². The second-order valence-electron chi connectivity index (χ2n) is 4.51. The highest BCUT2D eigenvalue weighted by Gasteiger charge is 2.09. The van der Waals surface area contributed by atoms with E-state index in [4.69, 9.17) is 4.52 Å². The lowest BCUT2D eigenvalue weighted by molar-refractivity contribution is 0.391. The number of halogens is 1. The minimum atomic E-state index is 0. The predicted molar refractivity (Wildman–Crippen MR) is 92.6 cm³/mol. The molecule has 1 N–H and O–H groups in total. The van der Waals surface area contributed by atoms with E-state index in [9.17, 15) is 0 Å². The molecule has 0 aliphatic carbocycles. The molecule has 6 nitrogen and oxygen atoms in total. The van der Waals surface area contributed by atoms with E-state index in [1.54, 1.807) is 19.5 Å². The van der Waals surface area contributed by atoms with Gasteiger partial charge in [0.2, 0.25) is 0 Å². The first-order valence-electron chi connectivity index (χ1n) is 6.42. The molecule has 2 heterocycles. The summed E-state index contributed by atoms with van der Waals surface area (Å²) in [6.07, 6.45) is 3.36. The Bertz CT molecular complexity index is 571. The summed E-state index contributed by atoms with van der Waals surface area (Å²) in [7, 11) is 3.71. The molecular weight excluding hydrogens is 381 g/mol. The number of hydrogen-bond acceptors (Lipinski definition) is 4. The van der Waals surface area contributed by atoms with Gasteiger partial charge in [-0.05, 0) is 18.6 Å². The van der Waals surface area contributed by atoms with Crippen molar-refractivity contribution in [2.24, 2.45) is 4.99 Å². The normalized spacial score (nSPS) is 10.9. The third-order valence-corrected chi connectivity index (χ3v) is 3.00. The Kier molecular flexibility index (Phi) is 7.13. The molecule has 0 atom stereocenters. The number of nitrogens with zero attached hydrogens (tertiary/aromatic N) is 4. The van der Waals surface area contributed by atoms with Crippen LogP contribution in [0.1, 0.15) is 17.0 Å². The Labute approximate surface area is 141 Å². The van der Waals surface area contributed by atoms with E-state index < -0.39 is 0 Å². The quantitative estimate of drug-likeness (QED) is 0.484. The fourth-order valence-electron chi connectivity index (χ4n) is 1.89. The Balaban J connectivity index is 0.00000220. The van der Waals surface area contributed by atoms with Crippen molar-refractivity contribution in [1.29, 1.82) is 0 Å². The third kappa shape index (κ3) is 5.00. The molecule has 21 heavy (non-hydrogen) atoms. The zero-order valence-corrected chi connectivity index (χ0v) is 14.7. The average molecular weight is 401 g/mol. The van der Waals surface area contributed by atoms with Crippen molar-refractivity contribution in [2.45, 2.75) is 20.0 Å². The van der Waals surface area contributed by atoms with Crippen LogP contribution in [0.2, 0.25) is 0 Å². The van der Waals surface area contributed by atoms with Crippen molar-refractivity contribution in [1.82, 2.24) is 20.4 Å². The molecule has 7 heteroatoms. The molecule has 0 saturated heterocycles. The van der Waals surface area contributed by atoms with Gasteiger partial charge in [-0.15, -0.1) is 24.0 Å². The predicted octanol–water partition coefficient (Wildman–Crippen LogP) is 2.20. The topological polar surface area (TPSA) is 66.6 Å². The van der Waals surface area contributed by atoms with Gasteiger partial charge in [0.25, 0.3) is 0 Å². The maximum Gasteiger partial charge on any atom is 0.194 e. The first-order chi connectivity index (χ1) is 9.70. The summed E-state index contributed by atoms with van der Waals surface area (Å²) in [6, 6.07) is 5.82. The lowest BCUT2D eigenvalue weighted by Gasteiger charge is -2.21. The Morgan fingerprint density at radius 2 is 2.24 bits per heavy atom. The van der Waals surface area contributed by atoms with E-state index in [0.717, 1.165) is 22.9 Å². The van der Waals surface area contributed by atoms with Crippen molar-refractivity contribution in [3.8, 4) is 0 Å². The van der Waals surface area contributed by atoms with Crippen LogP contribution in [0.25, 0.3) is 0 Å². The van der Waals surface area contributed by atoms with Gasteiger partial charge in [0, 0.05) is 26.4 Å². The summed E-state index contributed by atoms with van der Waals surface area (Å²) in [5, 5.41) is 7.19. The maximum atomic E-state index is 4.83. The van der Waals surface area contributed by atoms with E-state index in [1.165, 1.54) is 0 Å². The molecule has 0 unspecified atom stereocenters. The molecular formula is C14H20IN5O. The van der Waals surface area contributed by atoms with Gasteiger partial charge in [-0.1, -0.05) is 11.2 Å². The van der Waals surface area contributed by atoms with Gasteiger partial charge < -0.3 is 14.7 Å². The van der Waals surface area contributed by atoms with E-state index in [1.807, 2.05) is 37.1 Å². The number of rotatable bonds is 4. The lowest BCUT2D eigenvalue weighted by atomic mass is 10.2. The number of aliphatic imine (C=N–C) groups is 1. The van der Waals surface area contributed by atoms with E-state index >= 15 is 0 Å². The highest BCUT2D eigenvalue weighted by atomic mass is 127. The van der Waals surface area contributed by atoms with Crippen LogP contribution in [0.4, 0.5) is 0 Å². The van der Waals surface area contributed by atoms with Crippen LogP contribution in [0.3, 0.4) is 0 Å². The van der Waals surface area contributed by atoms with Crippen LogP contribution in [0, 0.1) is 6.92 Å². The van der Waals surface area contributed by atoms with Crippen LogP contribution in [0.5, 0.6) is 0 Å². The Morgan fingerprint density at radius 1 is 1.43 bits per heavy atom.